The summed E-state index contributed by atoms with van der Waals surface area (Å²) in [5.74, 6) is -5.10. The number of nitrogens with zero attached hydrogens (tertiary/aromatic N) is 3. The SMILES string of the molecule is Cc1c(NC(=O)c2cc(C(F)(F)F)nc3cc(F)c(F)cc23)c(C(F)(F)F)nn1Cc1ccc(F)cc1. The van der Waals surface area contributed by atoms with Crippen LogP contribution in [0.1, 0.15) is 33.0 Å². The van der Waals surface area contributed by atoms with Gasteiger partial charge in [0.1, 0.15) is 11.5 Å². The molecule has 0 bridgehead atoms. The molecule has 2 aromatic carbocycles. The molecule has 5 nitrogen and oxygen atoms in total. The van der Waals surface area contributed by atoms with Gasteiger partial charge in [-0.05, 0) is 36.8 Å². The van der Waals surface area contributed by atoms with Crippen LogP contribution < -0.4 is 5.32 Å². The Morgan fingerprint density at radius 2 is 1.54 bits per heavy atom. The summed E-state index contributed by atoms with van der Waals surface area (Å²) in [5.41, 5.74) is -5.54. The van der Waals surface area contributed by atoms with Crippen LogP contribution in [-0.2, 0) is 18.9 Å². The molecule has 4 aromatic rings. The Bertz CT molecular complexity index is 1510. The molecule has 0 unspecified atom stereocenters. The van der Waals surface area contributed by atoms with Crippen LogP contribution in [0.25, 0.3) is 10.9 Å². The molecular formula is C23H13F9N4O. The van der Waals surface area contributed by atoms with Crippen molar-refractivity contribution in [2.75, 3.05) is 5.32 Å². The van der Waals surface area contributed by atoms with E-state index in [1.807, 2.05) is 5.32 Å². The number of carbonyl (C=O) groups is 1. The van der Waals surface area contributed by atoms with Crippen molar-refractivity contribution in [3.8, 4) is 0 Å². The van der Waals surface area contributed by atoms with Gasteiger partial charge in [0.15, 0.2) is 17.3 Å². The highest BCUT2D eigenvalue weighted by Crippen LogP contribution is 2.37. The van der Waals surface area contributed by atoms with Gasteiger partial charge in [0.2, 0.25) is 0 Å². The number of aromatic nitrogens is 3. The van der Waals surface area contributed by atoms with E-state index in [0.29, 0.717) is 17.7 Å². The second kappa shape index (κ2) is 9.09. The van der Waals surface area contributed by atoms with Crippen LogP contribution in [0.15, 0.2) is 42.5 Å². The van der Waals surface area contributed by atoms with Crippen LogP contribution in [-0.4, -0.2) is 20.7 Å². The van der Waals surface area contributed by atoms with E-state index in [1.165, 1.54) is 19.1 Å². The van der Waals surface area contributed by atoms with Crippen molar-refractivity contribution in [2.45, 2.75) is 25.8 Å². The molecule has 0 atom stereocenters. The maximum atomic E-state index is 13.8. The summed E-state index contributed by atoms with van der Waals surface area (Å²) in [6, 6.07) is 5.74. The molecule has 0 radical (unpaired) electrons. The maximum absolute atomic E-state index is 13.8. The Morgan fingerprint density at radius 1 is 0.919 bits per heavy atom. The zero-order chi connectivity index (χ0) is 27.3. The van der Waals surface area contributed by atoms with E-state index in [4.69, 9.17) is 0 Å². The van der Waals surface area contributed by atoms with Crippen molar-refractivity contribution in [3.05, 3.63) is 88.1 Å². The standard InChI is InChI=1S/C23H13F9N4O/c1-10-19(20(23(30,31)32)35-36(10)9-11-2-4-12(24)5-3-11)34-21(37)14-7-18(22(27,28)29)33-17-8-16(26)15(25)6-13(14)17/h2-8H,9H2,1H3,(H,34,37). The number of benzene rings is 2. The van der Waals surface area contributed by atoms with E-state index in [0.717, 1.165) is 16.8 Å². The lowest BCUT2D eigenvalue weighted by molar-refractivity contribution is -0.141. The Morgan fingerprint density at radius 3 is 2.14 bits per heavy atom. The molecule has 0 spiro atoms. The molecule has 0 aliphatic heterocycles. The highest BCUT2D eigenvalue weighted by atomic mass is 19.4. The molecule has 2 aromatic heterocycles. The molecule has 4 rings (SSSR count). The lowest BCUT2D eigenvalue weighted by Crippen LogP contribution is -2.19. The number of halogens is 9. The minimum atomic E-state index is -5.11. The monoisotopic (exact) mass is 532 g/mol. The minimum absolute atomic E-state index is 0.223. The Hall–Kier alpha value is -4.10. The first-order valence-electron chi connectivity index (χ1n) is 10.2. The summed E-state index contributed by atoms with van der Waals surface area (Å²) in [6.07, 6.45) is -10.2. The number of hydrogen-bond donors (Lipinski definition) is 1. The zero-order valence-corrected chi connectivity index (χ0v) is 18.4. The Balaban J connectivity index is 1.81. The molecule has 0 aliphatic rings. The van der Waals surface area contributed by atoms with E-state index in [9.17, 15) is 44.3 Å². The average molecular weight is 532 g/mol. The van der Waals surface area contributed by atoms with Gasteiger partial charge in [0.25, 0.3) is 5.91 Å². The number of nitrogens with one attached hydrogen (secondary N) is 1. The summed E-state index contributed by atoms with van der Waals surface area (Å²) in [7, 11) is 0. The fourth-order valence-corrected chi connectivity index (χ4v) is 3.55. The highest BCUT2D eigenvalue weighted by Gasteiger charge is 2.40. The third kappa shape index (κ3) is 5.22. The van der Waals surface area contributed by atoms with Crippen molar-refractivity contribution in [2.24, 2.45) is 0 Å². The van der Waals surface area contributed by atoms with Crippen molar-refractivity contribution in [3.63, 3.8) is 0 Å². The predicted octanol–water partition coefficient (Wildman–Crippen LogP) is 6.50. The highest BCUT2D eigenvalue weighted by molar-refractivity contribution is 6.12. The second-order valence-electron chi connectivity index (χ2n) is 7.88. The van der Waals surface area contributed by atoms with Crippen LogP contribution in [0.5, 0.6) is 0 Å². The first-order chi connectivity index (χ1) is 17.1. The largest absolute Gasteiger partial charge is 0.437 e. The summed E-state index contributed by atoms with van der Waals surface area (Å²) in [6.45, 7) is 0.911. The third-order valence-electron chi connectivity index (χ3n) is 5.34. The molecule has 1 N–H and O–H groups in total. The molecule has 194 valence electrons. The summed E-state index contributed by atoms with van der Waals surface area (Å²) < 4.78 is 123. The Kier molecular flexibility index (Phi) is 6.38. The van der Waals surface area contributed by atoms with E-state index >= 15 is 0 Å². The molecule has 0 saturated carbocycles. The summed E-state index contributed by atoms with van der Waals surface area (Å²) in [4.78, 5) is 16.2. The summed E-state index contributed by atoms with van der Waals surface area (Å²) in [5, 5.41) is 4.82. The number of amides is 1. The van der Waals surface area contributed by atoms with Crippen LogP contribution in [0.3, 0.4) is 0 Å². The van der Waals surface area contributed by atoms with Gasteiger partial charge in [-0.1, -0.05) is 12.1 Å². The number of carbonyl (C=O) groups excluding carboxylic acids is 1. The lowest BCUT2D eigenvalue weighted by Gasteiger charge is -2.13. The van der Waals surface area contributed by atoms with Gasteiger partial charge in [-0.3, -0.25) is 9.48 Å². The minimum Gasteiger partial charge on any atom is -0.319 e. The van der Waals surface area contributed by atoms with Crippen molar-refractivity contribution >= 4 is 22.5 Å². The number of hydrogen-bond acceptors (Lipinski definition) is 3. The van der Waals surface area contributed by atoms with Crippen LogP contribution >= 0.6 is 0 Å². The number of anilines is 1. The van der Waals surface area contributed by atoms with Gasteiger partial charge < -0.3 is 5.32 Å². The number of alkyl halides is 6. The van der Waals surface area contributed by atoms with E-state index in [-0.39, 0.29) is 18.3 Å². The maximum Gasteiger partial charge on any atom is 0.437 e. The topological polar surface area (TPSA) is 59.8 Å². The first kappa shape index (κ1) is 26.0. The normalized spacial score (nSPS) is 12.3. The van der Waals surface area contributed by atoms with Crippen LogP contribution in [0.4, 0.5) is 45.2 Å². The van der Waals surface area contributed by atoms with Gasteiger partial charge in [-0.15, -0.1) is 0 Å². The lowest BCUT2D eigenvalue weighted by atomic mass is 10.1. The van der Waals surface area contributed by atoms with Gasteiger partial charge in [0.05, 0.1) is 29.0 Å². The van der Waals surface area contributed by atoms with E-state index < -0.39 is 69.3 Å². The van der Waals surface area contributed by atoms with Crippen molar-refractivity contribution < 1.29 is 44.3 Å². The quantitative estimate of drug-likeness (QED) is 0.306. The number of rotatable bonds is 4. The van der Waals surface area contributed by atoms with Gasteiger partial charge >= 0.3 is 12.4 Å². The molecule has 0 aliphatic carbocycles. The zero-order valence-electron chi connectivity index (χ0n) is 18.4. The average Bonchev–Trinajstić information content (AvgIpc) is 3.10. The smallest absolute Gasteiger partial charge is 0.319 e. The van der Waals surface area contributed by atoms with Crippen molar-refractivity contribution in [1.82, 2.24) is 14.8 Å². The molecule has 0 saturated heterocycles. The third-order valence-corrected chi connectivity index (χ3v) is 5.34. The molecule has 37 heavy (non-hydrogen) atoms. The molecule has 2 heterocycles. The fourth-order valence-electron chi connectivity index (χ4n) is 3.55. The van der Waals surface area contributed by atoms with E-state index in [1.54, 1.807) is 0 Å². The number of fused-ring (bicyclic) bond motifs is 1. The molecular weight excluding hydrogens is 519 g/mol. The van der Waals surface area contributed by atoms with Gasteiger partial charge in [0, 0.05) is 11.5 Å². The van der Waals surface area contributed by atoms with Crippen LogP contribution in [0, 0.1) is 24.4 Å². The Labute approximate surface area is 201 Å². The molecule has 14 heteroatoms. The van der Waals surface area contributed by atoms with Gasteiger partial charge in [-0.25, -0.2) is 18.2 Å². The molecule has 1 amide bonds. The van der Waals surface area contributed by atoms with Crippen LogP contribution in [0.2, 0.25) is 0 Å². The predicted molar refractivity (Wildman–Crippen MR) is 112 cm³/mol. The number of pyridine rings is 1. The van der Waals surface area contributed by atoms with Gasteiger partial charge in [-0.2, -0.15) is 31.4 Å². The van der Waals surface area contributed by atoms with E-state index in [2.05, 4.69) is 10.1 Å². The molecule has 0 fully saturated rings. The first-order valence-corrected chi connectivity index (χ1v) is 10.2. The fraction of sp³-hybridized carbons (Fsp3) is 0.174. The van der Waals surface area contributed by atoms with Crippen molar-refractivity contribution in [1.29, 1.82) is 0 Å². The summed E-state index contributed by atoms with van der Waals surface area (Å²) >= 11 is 0. The second-order valence-corrected chi connectivity index (χ2v) is 7.88.